The van der Waals surface area contributed by atoms with Gasteiger partial charge in [0, 0.05) is 20.1 Å². The van der Waals surface area contributed by atoms with Crippen molar-refractivity contribution in [3.8, 4) is 0 Å². The van der Waals surface area contributed by atoms with Crippen LogP contribution in [-0.2, 0) is 22.7 Å². The molecule has 0 aromatic heterocycles. The average Bonchev–Trinajstić information content (AvgIpc) is 2.29. The number of carboxylic acid groups (broad SMARTS) is 1. The fourth-order valence-corrected chi connectivity index (χ4v) is 1.88. The molecule has 0 bridgehead atoms. The van der Waals surface area contributed by atoms with E-state index in [2.05, 4.69) is 17.0 Å². The second kappa shape index (κ2) is 7.84. The van der Waals surface area contributed by atoms with E-state index in [0.29, 0.717) is 13.0 Å². The maximum atomic E-state index is 10.4. The van der Waals surface area contributed by atoms with E-state index in [0.717, 1.165) is 18.7 Å². The van der Waals surface area contributed by atoms with Crippen molar-refractivity contribution in [1.29, 1.82) is 0 Å². The summed E-state index contributed by atoms with van der Waals surface area (Å²) in [7, 11) is 3.69. The zero-order valence-electron chi connectivity index (χ0n) is 11.1. The Labute approximate surface area is 108 Å². The molecule has 0 heterocycles. The van der Waals surface area contributed by atoms with E-state index in [-0.39, 0.29) is 6.42 Å². The topological polar surface area (TPSA) is 49.8 Å². The molecule has 1 N–H and O–H groups in total. The summed E-state index contributed by atoms with van der Waals surface area (Å²) < 4.78 is 5.10. The molecule has 0 saturated carbocycles. The number of carbonyl (C=O) groups is 1. The fraction of sp³-hybridized carbons (Fsp3) is 0.500. The van der Waals surface area contributed by atoms with Gasteiger partial charge in [0.1, 0.15) is 0 Å². The molecule has 0 fully saturated rings. The molecular weight excluding hydrogens is 230 g/mol. The van der Waals surface area contributed by atoms with E-state index in [9.17, 15) is 4.79 Å². The predicted molar refractivity (Wildman–Crippen MR) is 70.4 cm³/mol. The Balaban J connectivity index is 2.40. The van der Waals surface area contributed by atoms with Crippen LogP contribution in [0.4, 0.5) is 0 Å². The maximum absolute atomic E-state index is 10.4. The van der Waals surface area contributed by atoms with E-state index >= 15 is 0 Å². The molecule has 1 rings (SSSR count). The highest BCUT2D eigenvalue weighted by molar-refractivity contribution is 5.66. The third-order valence-electron chi connectivity index (χ3n) is 2.69. The summed E-state index contributed by atoms with van der Waals surface area (Å²) in [6.45, 7) is 2.24. The summed E-state index contributed by atoms with van der Waals surface area (Å²) in [4.78, 5) is 12.6. The molecule has 0 radical (unpaired) electrons. The van der Waals surface area contributed by atoms with Crippen molar-refractivity contribution in [3.63, 3.8) is 0 Å². The minimum atomic E-state index is -0.731. The second-order valence-electron chi connectivity index (χ2n) is 4.49. The lowest BCUT2D eigenvalue weighted by molar-refractivity contribution is -0.137. The number of ether oxygens (including phenoxy) is 1. The Morgan fingerprint density at radius 2 is 2.11 bits per heavy atom. The van der Waals surface area contributed by atoms with Crippen molar-refractivity contribution < 1.29 is 14.6 Å². The van der Waals surface area contributed by atoms with Crippen LogP contribution in [0, 0.1) is 0 Å². The normalized spacial score (nSPS) is 10.8. The molecule has 1 aromatic rings. The van der Waals surface area contributed by atoms with Crippen molar-refractivity contribution >= 4 is 5.97 Å². The highest BCUT2D eigenvalue weighted by Crippen LogP contribution is 2.09. The zero-order chi connectivity index (χ0) is 13.4. The van der Waals surface area contributed by atoms with Crippen LogP contribution in [0.1, 0.15) is 24.0 Å². The van der Waals surface area contributed by atoms with Crippen LogP contribution in [0.2, 0.25) is 0 Å². The van der Waals surface area contributed by atoms with Crippen LogP contribution >= 0.6 is 0 Å². The van der Waals surface area contributed by atoms with Gasteiger partial charge in [-0.15, -0.1) is 0 Å². The highest BCUT2D eigenvalue weighted by atomic mass is 16.5. The first kappa shape index (κ1) is 14.7. The molecule has 18 heavy (non-hydrogen) atoms. The molecule has 0 atom stereocenters. The maximum Gasteiger partial charge on any atom is 0.303 e. The van der Waals surface area contributed by atoms with Crippen LogP contribution in [0.15, 0.2) is 24.3 Å². The monoisotopic (exact) mass is 251 g/mol. The van der Waals surface area contributed by atoms with Gasteiger partial charge in [-0.3, -0.25) is 4.79 Å². The minimum Gasteiger partial charge on any atom is -0.481 e. The van der Waals surface area contributed by atoms with Gasteiger partial charge in [0.2, 0.25) is 0 Å². The van der Waals surface area contributed by atoms with Crippen molar-refractivity contribution in [2.75, 3.05) is 20.7 Å². The Bertz CT molecular complexity index is 379. The van der Waals surface area contributed by atoms with E-state index in [1.807, 2.05) is 19.2 Å². The number of benzene rings is 1. The Morgan fingerprint density at radius 3 is 2.78 bits per heavy atom. The zero-order valence-corrected chi connectivity index (χ0v) is 11.1. The number of methoxy groups -OCH3 is 1. The largest absolute Gasteiger partial charge is 0.481 e. The lowest BCUT2D eigenvalue weighted by Gasteiger charge is -2.16. The smallest absolute Gasteiger partial charge is 0.303 e. The molecule has 0 aliphatic carbocycles. The van der Waals surface area contributed by atoms with Gasteiger partial charge in [-0.25, -0.2) is 0 Å². The summed E-state index contributed by atoms with van der Waals surface area (Å²) in [5, 5.41) is 8.58. The molecule has 0 aliphatic rings. The molecule has 0 spiro atoms. The number of nitrogens with zero attached hydrogens (tertiary/aromatic N) is 1. The average molecular weight is 251 g/mol. The molecule has 4 heteroatoms. The standard InChI is InChI=1S/C14H21NO3/c1-15(8-4-7-14(16)17)10-12-5-3-6-13(9-12)11-18-2/h3,5-6,9H,4,7-8,10-11H2,1-2H3,(H,16,17). The molecular formula is C14H21NO3. The SMILES string of the molecule is COCc1cccc(CN(C)CCCC(=O)O)c1. The third-order valence-corrected chi connectivity index (χ3v) is 2.69. The fourth-order valence-electron chi connectivity index (χ4n) is 1.88. The predicted octanol–water partition coefficient (Wildman–Crippen LogP) is 2.13. The number of rotatable bonds is 8. The number of hydrogen-bond acceptors (Lipinski definition) is 3. The second-order valence-corrected chi connectivity index (χ2v) is 4.49. The lowest BCUT2D eigenvalue weighted by atomic mass is 10.1. The van der Waals surface area contributed by atoms with Gasteiger partial charge in [-0.1, -0.05) is 24.3 Å². The summed E-state index contributed by atoms with van der Waals surface area (Å²) in [5.74, 6) is -0.731. The van der Waals surface area contributed by atoms with Gasteiger partial charge >= 0.3 is 5.97 Å². The van der Waals surface area contributed by atoms with Crippen LogP contribution in [0.5, 0.6) is 0 Å². The summed E-state index contributed by atoms with van der Waals surface area (Å²) >= 11 is 0. The summed E-state index contributed by atoms with van der Waals surface area (Å²) in [6, 6.07) is 8.26. The quantitative estimate of drug-likeness (QED) is 0.769. The number of carboxylic acids is 1. The van der Waals surface area contributed by atoms with Crippen LogP contribution in [-0.4, -0.2) is 36.7 Å². The van der Waals surface area contributed by atoms with Gasteiger partial charge in [-0.2, -0.15) is 0 Å². The molecule has 1 aromatic carbocycles. The van der Waals surface area contributed by atoms with Gasteiger partial charge in [0.05, 0.1) is 6.61 Å². The third kappa shape index (κ3) is 5.80. The molecule has 0 aliphatic heterocycles. The van der Waals surface area contributed by atoms with Crippen molar-refractivity contribution in [3.05, 3.63) is 35.4 Å². The van der Waals surface area contributed by atoms with Crippen LogP contribution in [0.25, 0.3) is 0 Å². The van der Waals surface area contributed by atoms with Crippen molar-refractivity contribution in [2.24, 2.45) is 0 Å². The van der Waals surface area contributed by atoms with Gasteiger partial charge in [0.25, 0.3) is 0 Å². The molecule has 100 valence electrons. The van der Waals surface area contributed by atoms with Crippen LogP contribution in [0.3, 0.4) is 0 Å². The first-order chi connectivity index (χ1) is 8.61. The minimum absolute atomic E-state index is 0.230. The van der Waals surface area contributed by atoms with E-state index in [1.165, 1.54) is 5.56 Å². The van der Waals surface area contributed by atoms with Gasteiger partial charge in [0.15, 0.2) is 0 Å². The van der Waals surface area contributed by atoms with E-state index < -0.39 is 5.97 Å². The van der Waals surface area contributed by atoms with Crippen molar-refractivity contribution in [1.82, 2.24) is 4.90 Å². The highest BCUT2D eigenvalue weighted by Gasteiger charge is 2.03. The first-order valence-electron chi connectivity index (χ1n) is 6.09. The van der Waals surface area contributed by atoms with Crippen molar-refractivity contribution in [2.45, 2.75) is 26.0 Å². The lowest BCUT2D eigenvalue weighted by Crippen LogP contribution is -2.19. The molecule has 4 nitrogen and oxygen atoms in total. The number of aliphatic carboxylic acids is 1. The molecule has 0 amide bonds. The Kier molecular flexibility index (Phi) is 6.39. The van der Waals surface area contributed by atoms with E-state index in [1.54, 1.807) is 7.11 Å². The summed E-state index contributed by atoms with van der Waals surface area (Å²) in [6.07, 6.45) is 0.914. The molecule has 0 saturated heterocycles. The van der Waals surface area contributed by atoms with Gasteiger partial charge < -0.3 is 14.7 Å². The van der Waals surface area contributed by atoms with E-state index in [4.69, 9.17) is 9.84 Å². The van der Waals surface area contributed by atoms with Crippen LogP contribution < -0.4 is 0 Å². The first-order valence-corrected chi connectivity index (χ1v) is 6.09. The number of hydrogen-bond donors (Lipinski definition) is 1. The Hall–Kier alpha value is -1.39. The molecule has 0 unspecified atom stereocenters. The Morgan fingerprint density at radius 1 is 1.39 bits per heavy atom. The summed E-state index contributed by atoms with van der Waals surface area (Å²) in [5.41, 5.74) is 2.39. The van der Waals surface area contributed by atoms with Gasteiger partial charge in [-0.05, 0) is 31.1 Å².